The van der Waals surface area contributed by atoms with Crippen LogP contribution in [0.4, 0.5) is 14.6 Å². The molecule has 0 unspecified atom stereocenters. The maximum absolute atomic E-state index is 16.9. The zero-order chi connectivity index (χ0) is 37.3. The zero-order valence-corrected chi connectivity index (χ0v) is 29.8. The molecule has 276 valence electrons. The number of ether oxygens (including phenoxy) is 2. The monoisotopic (exact) mass is 733 g/mol. The molecule has 0 atom stereocenters. The lowest BCUT2D eigenvalue weighted by molar-refractivity contribution is -0.131. The summed E-state index contributed by atoms with van der Waals surface area (Å²) in [5.41, 5.74) is 3.36. The number of rotatable bonds is 9. The van der Waals surface area contributed by atoms with Gasteiger partial charge in [0.05, 0.1) is 44.2 Å². The molecular weight excluding hydrogens is 696 g/mol. The van der Waals surface area contributed by atoms with Crippen molar-refractivity contribution in [3.63, 3.8) is 0 Å². The highest BCUT2D eigenvalue weighted by molar-refractivity contribution is 6.07. The first-order chi connectivity index (χ1) is 26.3. The number of carbonyl (C=O) groups is 2. The highest BCUT2D eigenvalue weighted by Gasteiger charge is 2.29. The number of aromatic amines is 1. The number of para-hydroxylation sites is 1. The Morgan fingerprint density at radius 3 is 2.50 bits per heavy atom. The number of halogens is 2. The van der Waals surface area contributed by atoms with Gasteiger partial charge in [-0.3, -0.25) is 19.3 Å². The van der Waals surface area contributed by atoms with E-state index in [4.69, 9.17) is 14.5 Å². The molecule has 0 bridgehead atoms. The molecule has 54 heavy (non-hydrogen) atoms. The van der Waals surface area contributed by atoms with Crippen LogP contribution in [-0.2, 0) is 11.3 Å². The Morgan fingerprint density at radius 1 is 0.889 bits per heavy atom. The minimum atomic E-state index is -0.525. The van der Waals surface area contributed by atoms with Crippen molar-refractivity contribution < 1.29 is 27.8 Å². The van der Waals surface area contributed by atoms with Gasteiger partial charge in [-0.2, -0.15) is 0 Å². The van der Waals surface area contributed by atoms with Crippen LogP contribution in [0.15, 0.2) is 73.3 Å². The van der Waals surface area contributed by atoms with Crippen LogP contribution in [0.3, 0.4) is 0 Å². The summed E-state index contributed by atoms with van der Waals surface area (Å²) in [6, 6.07) is 12.3. The quantitative estimate of drug-likeness (QED) is 0.209. The predicted octanol–water partition coefficient (Wildman–Crippen LogP) is 5.33. The summed E-state index contributed by atoms with van der Waals surface area (Å²) in [6.07, 6.45) is 8.86. The molecule has 6 aromatic rings. The molecule has 13 nitrogen and oxygen atoms in total. The normalized spacial score (nSPS) is 14.8. The third kappa shape index (κ3) is 6.46. The zero-order valence-electron chi connectivity index (χ0n) is 29.8. The number of aryl methyl sites for hydroxylation is 1. The lowest BCUT2D eigenvalue weighted by Gasteiger charge is -2.35. The largest absolute Gasteiger partial charge is 0.495 e. The number of fused-ring (bicyclic) bond motifs is 2. The summed E-state index contributed by atoms with van der Waals surface area (Å²) >= 11 is 0. The second-order valence-electron chi connectivity index (χ2n) is 13.2. The van der Waals surface area contributed by atoms with Gasteiger partial charge in [-0.25, -0.2) is 13.8 Å². The minimum Gasteiger partial charge on any atom is -0.495 e. The van der Waals surface area contributed by atoms with E-state index in [2.05, 4.69) is 20.3 Å². The fraction of sp³-hybridized carbons (Fsp3) is 0.282. The highest BCUT2D eigenvalue weighted by atomic mass is 19.1. The van der Waals surface area contributed by atoms with Crippen LogP contribution in [0, 0.1) is 11.6 Å². The first-order valence-corrected chi connectivity index (χ1v) is 17.6. The SMILES string of the molecule is COc1cc(F)cnc1N1CCN(C(=O)c2cc3c(-c4cnc5ccccc5c4OC)cc(C4=CCCN(C(=O)CCn5ccnn5)C4)c(F)c3[nH]2)CC1. The molecule has 2 aliphatic heterocycles. The summed E-state index contributed by atoms with van der Waals surface area (Å²) in [7, 11) is 3.04. The van der Waals surface area contributed by atoms with Crippen molar-refractivity contribution in [2.24, 2.45) is 0 Å². The van der Waals surface area contributed by atoms with Crippen LogP contribution >= 0.6 is 0 Å². The molecule has 1 N–H and O–H groups in total. The molecule has 1 fully saturated rings. The molecule has 8 rings (SSSR count). The van der Waals surface area contributed by atoms with Crippen molar-refractivity contribution in [1.29, 1.82) is 0 Å². The molecule has 0 spiro atoms. The second-order valence-corrected chi connectivity index (χ2v) is 13.2. The van der Waals surface area contributed by atoms with E-state index in [1.54, 1.807) is 52.3 Å². The predicted molar refractivity (Wildman–Crippen MR) is 198 cm³/mol. The van der Waals surface area contributed by atoms with Gasteiger partial charge >= 0.3 is 0 Å². The Morgan fingerprint density at radius 2 is 1.72 bits per heavy atom. The van der Waals surface area contributed by atoms with Gasteiger partial charge in [0.25, 0.3) is 5.91 Å². The smallest absolute Gasteiger partial charge is 0.270 e. The number of aromatic nitrogens is 6. The van der Waals surface area contributed by atoms with Crippen molar-refractivity contribution >= 4 is 45.0 Å². The van der Waals surface area contributed by atoms with E-state index in [0.29, 0.717) is 90.7 Å². The van der Waals surface area contributed by atoms with Gasteiger partial charge in [-0.15, -0.1) is 5.10 Å². The number of piperazine rings is 1. The van der Waals surface area contributed by atoms with Gasteiger partial charge in [-0.05, 0) is 41.8 Å². The Bertz CT molecular complexity index is 2400. The first-order valence-electron chi connectivity index (χ1n) is 17.6. The molecule has 2 amide bonds. The van der Waals surface area contributed by atoms with E-state index in [0.717, 1.165) is 17.1 Å². The number of hydrogen-bond acceptors (Lipinski definition) is 9. The average Bonchev–Trinajstić information content (AvgIpc) is 3.91. The number of H-pyrrole nitrogens is 1. The molecule has 4 aromatic heterocycles. The van der Waals surface area contributed by atoms with Crippen molar-refractivity contribution in [2.45, 2.75) is 19.4 Å². The summed E-state index contributed by atoms with van der Waals surface area (Å²) in [6.45, 7) is 2.70. The number of amides is 2. The molecule has 15 heteroatoms. The molecule has 0 saturated carbocycles. The number of pyridine rings is 2. The number of benzene rings is 2. The van der Waals surface area contributed by atoms with Gasteiger partial charge in [0.2, 0.25) is 5.91 Å². The lowest BCUT2D eigenvalue weighted by atomic mass is 9.93. The fourth-order valence-electron chi connectivity index (χ4n) is 7.32. The Labute approximate surface area is 308 Å². The van der Waals surface area contributed by atoms with E-state index < -0.39 is 11.6 Å². The molecule has 0 radical (unpaired) electrons. The van der Waals surface area contributed by atoms with E-state index >= 15 is 4.39 Å². The minimum absolute atomic E-state index is 0.0697. The third-order valence-corrected chi connectivity index (χ3v) is 10.1. The van der Waals surface area contributed by atoms with Gasteiger partial charge < -0.3 is 29.2 Å². The van der Waals surface area contributed by atoms with Gasteiger partial charge in [0.1, 0.15) is 17.3 Å². The van der Waals surface area contributed by atoms with E-state index in [1.807, 2.05) is 35.2 Å². The average molecular weight is 734 g/mol. The van der Waals surface area contributed by atoms with Crippen molar-refractivity contribution in [3.8, 4) is 22.6 Å². The molecule has 0 aliphatic carbocycles. The number of anilines is 1. The molecular formula is C39H37F2N9O4. The van der Waals surface area contributed by atoms with Crippen molar-refractivity contribution in [2.75, 3.05) is 58.4 Å². The second kappa shape index (κ2) is 14.6. The summed E-state index contributed by atoms with van der Waals surface area (Å²) in [5.74, 6) is -0.00220. The number of methoxy groups -OCH3 is 2. The number of nitrogens with zero attached hydrogens (tertiary/aromatic N) is 8. The van der Waals surface area contributed by atoms with Crippen molar-refractivity contribution in [1.82, 2.24) is 39.7 Å². The topological polar surface area (TPSA) is 135 Å². The van der Waals surface area contributed by atoms with E-state index in [-0.39, 0.29) is 36.0 Å². The lowest BCUT2D eigenvalue weighted by Crippen LogP contribution is -2.49. The maximum atomic E-state index is 16.9. The Hall–Kier alpha value is -6.38. The number of nitrogens with one attached hydrogen (secondary N) is 1. The molecule has 6 heterocycles. The van der Waals surface area contributed by atoms with Gasteiger partial charge in [0.15, 0.2) is 17.4 Å². The standard InChI is InChI=1S/C39H37F2N9O4/c1-53-33-18-25(40)21-43-38(33)47-14-16-48(17-15-47)39(52)32-20-29-28(30-22-42-31-8-4-3-7-26(31)37(30)54-2)19-27(35(41)36(29)45-32)24-6-5-11-49(23-24)34(51)9-12-50-13-10-44-46-50/h3-4,6-8,10,13,18-22,45H,5,9,11-12,14-17,23H2,1-2H3. The van der Waals surface area contributed by atoms with Crippen LogP contribution in [0.2, 0.25) is 0 Å². The van der Waals surface area contributed by atoms with Crippen LogP contribution in [0.5, 0.6) is 11.5 Å². The van der Waals surface area contributed by atoms with Gasteiger partial charge in [0, 0.05) is 86.0 Å². The van der Waals surface area contributed by atoms with E-state index in [9.17, 15) is 14.0 Å². The van der Waals surface area contributed by atoms with E-state index in [1.165, 1.54) is 13.2 Å². The Balaban J connectivity index is 1.14. The number of carbonyl (C=O) groups excluding carboxylic acids is 2. The van der Waals surface area contributed by atoms with Gasteiger partial charge in [-0.1, -0.05) is 23.4 Å². The van der Waals surface area contributed by atoms with Crippen LogP contribution in [0.1, 0.15) is 28.9 Å². The van der Waals surface area contributed by atoms with Crippen LogP contribution in [0.25, 0.3) is 38.5 Å². The highest BCUT2D eigenvalue weighted by Crippen LogP contribution is 2.42. The molecule has 2 aliphatic rings. The summed E-state index contributed by atoms with van der Waals surface area (Å²) in [5, 5.41) is 9.02. The number of hydrogen-bond donors (Lipinski definition) is 1. The molecule has 2 aromatic carbocycles. The molecule has 1 saturated heterocycles. The fourth-order valence-corrected chi connectivity index (χ4v) is 7.32. The summed E-state index contributed by atoms with van der Waals surface area (Å²) in [4.78, 5) is 44.7. The van der Waals surface area contributed by atoms with Crippen LogP contribution < -0.4 is 14.4 Å². The third-order valence-electron chi connectivity index (χ3n) is 10.1. The first kappa shape index (κ1) is 34.7. The Kier molecular flexibility index (Phi) is 9.36. The maximum Gasteiger partial charge on any atom is 0.270 e. The van der Waals surface area contributed by atoms with Crippen LogP contribution in [-0.4, -0.2) is 105 Å². The summed E-state index contributed by atoms with van der Waals surface area (Å²) < 4.78 is 43.6. The van der Waals surface area contributed by atoms with Crippen molar-refractivity contribution in [3.05, 3.63) is 96.2 Å².